The first kappa shape index (κ1) is 22.9. The Morgan fingerprint density at radius 2 is 1.62 bits per heavy atom. The molecular weight excluding hydrogens is 416 g/mol. The molecule has 32 heavy (non-hydrogen) atoms. The molecule has 0 heterocycles. The van der Waals surface area contributed by atoms with E-state index in [2.05, 4.69) is 16.0 Å². The Hall–Kier alpha value is -3.78. The van der Waals surface area contributed by atoms with Crippen LogP contribution in [0.4, 0.5) is 19.3 Å². The van der Waals surface area contributed by atoms with Crippen molar-refractivity contribution < 1.29 is 23.1 Å². The van der Waals surface area contributed by atoms with Crippen molar-refractivity contribution in [3.63, 3.8) is 0 Å². The van der Waals surface area contributed by atoms with Crippen molar-refractivity contribution in [3.8, 4) is 11.1 Å². The maximum Gasteiger partial charge on any atom is 0.319 e. The second kappa shape index (κ2) is 11.0. The summed E-state index contributed by atoms with van der Waals surface area (Å²) < 4.78 is 31.8. The molecule has 166 valence electrons. The average Bonchev–Trinajstić information content (AvgIpc) is 2.80. The summed E-state index contributed by atoms with van der Waals surface area (Å²) in [7, 11) is 1.56. The van der Waals surface area contributed by atoms with Gasteiger partial charge in [0.25, 0.3) is 5.91 Å². The van der Waals surface area contributed by atoms with Crippen molar-refractivity contribution in [1.82, 2.24) is 10.6 Å². The van der Waals surface area contributed by atoms with E-state index in [4.69, 9.17) is 4.74 Å². The predicted molar refractivity (Wildman–Crippen MR) is 118 cm³/mol. The third-order valence-corrected chi connectivity index (χ3v) is 4.69. The van der Waals surface area contributed by atoms with Crippen molar-refractivity contribution in [1.29, 1.82) is 0 Å². The summed E-state index contributed by atoms with van der Waals surface area (Å²) in [5.41, 5.74) is 2.62. The summed E-state index contributed by atoms with van der Waals surface area (Å²) in [6, 6.07) is 16.8. The monoisotopic (exact) mass is 439 g/mol. The average molecular weight is 439 g/mol. The first-order valence-corrected chi connectivity index (χ1v) is 9.94. The smallest absolute Gasteiger partial charge is 0.319 e. The zero-order valence-corrected chi connectivity index (χ0v) is 17.5. The van der Waals surface area contributed by atoms with Crippen LogP contribution in [0.25, 0.3) is 11.1 Å². The molecule has 3 aromatic carbocycles. The lowest BCUT2D eigenvalue weighted by atomic mass is 9.95. The van der Waals surface area contributed by atoms with E-state index in [1.807, 2.05) is 36.4 Å². The number of carbonyl (C=O) groups excluding carboxylic acids is 2. The number of nitrogens with one attached hydrogen (secondary N) is 3. The number of methoxy groups -OCH3 is 1. The van der Waals surface area contributed by atoms with E-state index in [9.17, 15) is 18.4 Å². The maximum atomic E-state index is 13.8. The molecule has 3 rings (SSSR count). The van der Waals surface area contributed by atoms with Crippen molar-refractivity contribution in [3.05, 3.63) is 89.5 Å². The van der Waals surface area contributed by atoms with Crippen LogP contribution in [-0.2, 0) is 11.3 Å². The fraction of sp³-hybridized carbons (Fsp3) is 0.167. The van der Waals surface area contributed by atoms with Crippen LogP contribution in [0.3, 0.4) is 0 Å². The normalized spacial score (nSPS) is 10.5. The van der Waals surface area contributed by atoms with E-state index in [1.165, 1.54) is 0 Å². The number of hydrogen-bond donors (Lipinski definition) is 3. The zero-order valence-electron chi connectivity index (χ0n) is 17.5. The van der Waals surface area contributed by atoms with E-state index in [1.54, 1.807) is 19.2 Å². The van der Waals surface area contributed by atoms with Crippen LogP contribution < -0.4 is 16.0 Å². The lowest BCUT2D eigenvalue weighted by molar-refractivity contribution is 0.0937. The Morgan fingerprint density at radius 3 is 2.38 bits per heavy atom. The standard InChI is InChI=1S/C24H23F2N3O3/c1-32-13-12-27-23(30)20-9-5-4-8-19(20)18-7-3-2-6-16(18)15-28-24(31)29-22-11-10-17(25)14-21(22)26/h2-11,14H,12-13,15H2,1H3,(H,27,30)(H2,28,29,31). The van der Waals surface area contributed by atoms with Crippen LogP contribution in [0.1, 0.15) is 15.9 Å². The van der Waals surface area contributed by atoms with Crippen LogP contribution >= 0.6 is 0 Å². The van der Waals surface area contributed by atoms with Gasteiger partial charge in [0.05, 0.1) is 12.3 Å². The molecule has 0 aliphatic heterocycles. The van der Waals surface area contributed by atoms with Crippen LogP contribution in [-0.4, -0.2) is 32.2 Å². The van der Waals surface area contributed by atoms with Crippen LogP contribution in [0.15, 0.2) is 66.7 Å². The highest BCUT2D eigenvalue weighted by Crippen LogP contribution is 2.27. The third-order valence-electron chi connectivity index (χ3n) is 4.69. The number of amides is 3. The summed E-state index contributed by atoms with van der Waals surface area (Å²) in [6.45, 7) is 0.912. The van der Waals surface area contributed by atoms with Crippen molar-refractivity contribution >= 4 is 17.6 Å². The minimum absolute atomic E-state index is 0.129. The number of anilines is 1. The molecule has 0 saturated heterocycles. The fourth-order valence-corrected chi connectivity index (χ4v) is 3.15. The minimum Gasteiger partial charge on any atom is -0.383 e. The number of ether oxygens (including phenoxy) is 1. The first-order chi connectivity index (χ1) is 15.5. The summed E-state index contributed by atoms with van der Waals surface area (Å²) in [5.74, 6) is -1.83. The van der Waals surface area contributed by atoms with E-state index in [0.29, 0.717) is 30.3 Å². The molecule has 0 saturated carbocycles. The lowest BCUT2D eigenvalue weighted by Gasteiger charge is -2.15. The Bertz CT molecular complexity index is 1110. The number of urea groups is 1. The highest BCUT2D eigenvalue weighted by molar-refractivity contribution is 6.01. The molecule has 0 unspecified atom stereocenters. The van der Waals surface area contributed by atoms with Gasteiger partial charge in [0.1, 0.15) is 11.6 Å². The Balaban J connectivity index is 1.75. The number of carbonyl (C=O) groups is 2. The quantitative estimate of drug-likeness (QED) is 0.457. The van der Waals surface area contributed by atoms with Gasteiger partial charge >= 0.3 is 6.03 Å². The molecular formula is C24H23F2N3O3. The SMILES string of the molecule is COCCNC(=O)c1ccccc1-c1ccccc1CNC(=O)Nc1ccc(F)cc1F. The summed E-state index contributed by atoms with van der Waals surface area (Å²) in [6.07, 6.45) is 0. The molecule has 3 aromatic rings. The zero-order chi connectivity index (χ0) is 22.9. The maximum absolute atomic E-state index is 13.8. The number of benzene rings is 3. The molecule has 3 N–H and O–H groups in total. The van der Waals surface area contributed by atoms with Gasteiger partial charge in [-0.05, 0) is 34.9 Å². The van der Waals surface area contributed by atoms with Gasteiger partial charge in [0.15, 0.2) is 0 Å². The molecule has 6 nitrogen and oxygen atoms in total. The molecule has 0 bridgehead atoms. The summed E-state index contributed by atoms with van der Waals surface area (Å²) in [4.78, 5) is 24.9. The number of hydrogen-bond acceptors (Lipinski definition) is 3. The number of rotatable bonds is 8. The fourth-order valence-electron chi connectivity index (χ4n) is 3.15. The molecule has 0 fully saturated rings. The van der Waals surface area contributed by atoms with E-state index in [-0.39, 0.29) is 18.1 Å². The Labute approximate surface area is 184 Å². The molecule has 0 radical (unpaired) electrons. The summed E-state index contributed by atoms with van der Waals surface area (Å²) in [5, 5.41) is 7.83. The van der Waals surface area contributed by atoms with Gasteiger partial charge in [0.2, 0.25) is 0 Å². The van der Waals surface area contributed by atoms with Crippen LogP contribution in [0.5, 0.6) is 0 Å². The van der Waals surface area contributed by atoms with Gasteiger partial charge in [-0.2, -0.15) is 0 Å². The third kappa shape index (κ3) is 5.89. The van der Waals surface area contributed by atoms with Crippen molar-refractivity contribution in [2.45, 2.75) is 6.54 Å². The second-order valence-corrected chi connectivity index (χ2v) is 6.88. The molecule has 0 atom stereocenters. The number of halogens is 2. The van der Waals surface area contributed by atoms with Gasteiger partial charge in [0, 0.05) is 31.8 Å². The molecule has 8 heteroatoms. The van der Waals surface area contributed by atoms with Crippen molar-refractivity contribution in [2.75, 3.05) is 25.6 Å². The second-order valence-electron chi connectivity index (χ2n) is 6.88. The molecule has 0 aliphatic rings. The summed E-state index contributed by atoms with van der Waals surface area (Å²) >= 11 is 0. The van der Waals surface area contributed by atoms with Gasteiger partial charge in [-0.3, -0.25) is 4.79 Å². The Morgan fingerprint density at radius 1 is 0.906 bits per heavy atom. The van der Waals surface area contributed by atoms with Gasteiger partial charge in [-0.15, -0.1) is 0 Å². The van der Waals surface area contributed by atoms with Crippen LogP contribution in [0, 0.1) is 11.6 Å². The Kier molecular flexibility index (Phi) is 7.88. The molecule has 0 aromatic heterocycles. The van der Waals surface area contributed by atoms with Gasteiger partial charge in [-0.1, -0.05) is 42.5 Å². The van der Waals surface area contributed by atoms with E-state index >= 15 is 0 Å². The first-order valence-electron chi connectivity index (χ1n) is 9.94. The molecule has 3 amide bonds. The topological polar surface area (TPSA) is 79.5 Å². The van der Waals surface area contributed by atoms with E-state index in [0.717, 1.165) is 23.3 Å². The van der Waals surface area contributed by atoms with E-state index < -0.39 is 17.7 Å². The lowest BCUT2D eigenvalue weighted by Crippen LogP contribution is -2.29. The minimum atomic E-state index is -0.867. The highest BCUT2D eigenvalue weighted by atomic mass is 19.1. The largest absolute Gasteiger partial charge is 0.383 e. The van der Waals surface area contributed by atoms with Crippen molar-refractivity contribution in [2.24, 2.45) is 0 Å². The highest BCUT2D eigenvalue weighted by Gasteiger charge is 2.15. The van der Waals surface area contributed by atoms with Crippen LogP contribution in [0.2, 0.25) is 0 Å². The predicted octanol–water partition coefficient (Wildman–Crippen LogP) is 4.33. The molecule has 0 spiro atoms. The molecule has 0 aliphatic carbocycles. The van der Waals surface area contributed by atoms with Gasteiger partial charge in [-0.25, -0.2) is 13.6 Å². The van der Waals surface area contributed by atoms with Gasteiger partial charge < -0.3 is 20.7 Å².